The summed E-state index contributed by atoms with van der Waals surface area (Å²) < 4.78 is 12.5. The number of nitrogens with one attached hydrogen (secondary N) is 2. The maximum atomic E-state index is 12.9. The van der Waals surface area contributed by atoms with Crippen LogP contribution >= 0.6 is 11.6 Å². The number of carbonyl (C=O) groups is 2. The number of amides is 2. The van der Waals surface area contributed by atoms with Crippen molar-refractivity contribution in [1.29, 1.82) is 0 Å². The van der Waals surface area contributed by atoms with E-state index in [1.54, 1.807) is 42.5 Å². The summed E-state index contributed by atoms with van der Waals surface area (Å²) >= 11 is 6.11. The Labute approximate surface area is 200 Å². The van der Waals surface area contributed by atoms with Crippen molar-refractivity contribution in [2.45, 2.75) is 13.0 Å². The zero-order valence-corrected chi connectivity index (χ0v) is 18.8. The second-order valence-corrected chi connectivity index (χ2v) is 8.11. The van der Waals surface area contributed by atoms with Gasteiger partial charge in [0.05, 0.1) is 21.6 Å². The van der Waals surface area contributed by atoms with Crippen molar-refractivity contribution >= 4 is 40.1 Å². The number of benzene rings is 3. The molecule has 0 radical (unpaired) electrons. The SMILES string of the molecule is O=C(Cn1c(CCNC(=O)c2ccccc2Cl)nc2ccccc21)Nc1ccc2c(c1)OCO2. The maximum absolute atomic E-state index is 12.9. The molecule has 0 bridgehead atoms. The Morgan fingerprint density at radius 2 is 1.79 bits per heavy atom. The average molecular weight is 477 g/mol. The number of nitrogens with zero attached hydrogens (tertiary/aromatic N) is 2. The van der Waals surface area contributed by atoms with E-state index in [4.69, 9.17) is 21.1 Å². The third-order valence-electron chi connectivity index (χ3n) is 5.44. The molecule has 1 aliphatic rings. The van der Waals surface area contributed by atoms with Gasteiger partial charge in [0.1, 0.15) is 12.4 Å². The molecule has 1 aromatic heterocycles. The highest BCUT2D eigenvalue weighted by Gasteiger charge is 2.17. The van der Waals surface area contributed by atoms with Gasteiger partial charge in [0.15, 0.2) is 11.5 Å². The van der Waals surface area contributed by atoms with Gasteiger partial charge in [-0.05, 0) is 36.4 Å². The number of hydrogen-bond acceptors (Lipinski definition) is 5. The van der Waals surface area contributed by atoms with Crippen molar-refractivity contribution in [2.24, 2.45) is 0 Å². The van der Waals surface area contributed by atoms with E-state index >= 15 is 0 Å². The van der Waals surface area contributed by atoms with Crippen molar-refractivity contribution in [3.63, 3.8) is 0 Å². The molecule has 0 fully saturated rings. The summed E-state index contributed by atoms with van der Waals surface area (Å²) in [6.07, 6.45) is 0.447. The number of hydrogen-bond donors (Lipinski definition) is 2. The molecule has 0 spiro atoms. The molecule has 4 aromatic rings. The number of para-hydroxylation sites is 2. The molecule has 3 aromatic carbocycles. The molecule has 8 nitrogen and oxygen atoms in total. The van der Waals surface area contributed by atoms with Gasteiger partial charge in [0.25, 0.3) is 5.91 Å². The highest BCUT2D eigenvalue weighted by molar-refractivity contribution is 6.33. The number of fused-ring (bicyclic) bond motifs is 2. The molecule has 172 valence electrons. The molecule has 0 atom stereocenters. The van der Waals surface area contributed by atoms with E-state index in [0.717, 1.165) is 11.0 Å². The van der Waals surface area contributed by atoms with Crippen LogP contribution in [0.2, 0.25) is 5.02 Å². The minimum atomic E-state index is -0.256. The van der Waals surface area contributed by atoms with Crippen LogP contribution in [0.4, 0.5) is 5.69 Å². The molecule has 5 rings (SSSR count). The normalized spacial score (nSPS) is 12.0. The molecule has 0 saturated heterocycles. The first-order chi connectivity index (χ1) is 16.6. The van der Waals surface area contributed by atoms with Crippen LogP contribution in [0.25, 0.3) is 11.0 Å². The highest BCUT2D eigenvalue weighted by Crippen LogP contribution is 2.34. The standard InChI is InChI=1S/C25H21ClN4O4/c26-18-6-2-1-5-17(18)25(32)27-12-11-23-29-19-7-3-4-8-20(19)30(23)14-24(31)28-16-9-10-21-22(13-16)34-15-33-21/h1-10,13H,11-12,14-15H2,(H,27,32)(H,28,31). The Morgan fingerprint density at radius 1 is 1.00 bits per heavy atom. The van der Waals surface area contributed by atoms with Crippen LogP contribution in [-0.2, 0) is 17.8 Å². The molecule has 9 heteroatoms. The molecule has 0 unspecified atom stereocenters. The molecule has 34 heavy (non-hydrogen) atoms. The number of carbonyl (C=O) groups excluding carboxylic acids is 2. The fraction of sp³-hybridized carbons (Fsp3) is 0.160. The minimum absolute atomic E-state index is 0.0722. The fourth-order valence-corrected chi connectivity index (χ4v) is 4.06. The van der Waals surface area contributed by atoms with E-state index in [-0.39, 0.29) is 25.2 Å². The van der Waals surface area contributed by atoms with Gasteiger partial charge in [-0.15, -0.1) is 0 Å². The summed E-state index contributed by atoms with van der Waals surface area (Å²) in [7, 11) is 0. The summed E-state index contributed by atoms with van der Waals surface area (Å²) in [5.41, 5.74) is 2.66. The highest BCUT2D eigenvalue weighted by atomic mass is 35.5. The first-order valence-corrected chi connectivity index (χ1v) is 11.1. The van der Waals surface area contributed by atoms with Gasteiger partial charge in [-0.2, -0.15) is 0 Å². The van der Waals surface area contributed by atoms with Crippen LogP contribution in [0.1, 0.15) is 16.2 Å². The van der Waals surface area contributed by atoms with E-state index in [1.807, 2.05) is 28.8 Å². The summed E-state index contributed by atoms with van der Waals surface area (Å²) in [5.74, 6) is 1.49. The lowest BCUT2D eigenvalue weighted by Crippen LogP contribution is -2.27. The number of halogens is 1. The number of ether oxygens (including phenoxy) is 2. The predicted octanol–water partition coefficient (Wildman–Crippen LogP) is 4.03. The van der Waals surface area contributed by atoms with Gasteiger partial charge < -0.3 is 24.7 Å². The predicted molar refractivity (Wildman–Crippen MR) is 128 cm³/mol. The number of rotatable bonds is 7. The van der Waals surface area contributed by atoms with Crippen LogP contribution in [0.3, 0.4) is 0 Å². The second-order valence-electron chi connectivity index (χ2n) is 7.70. The largest absolute Gasteiger partial charge is 0.454 e. The Morgan fingerprint density at radius 3 is 2.68 bits per heavy atom. The monoisotopic (exact) mass is 476 g/mol. The van der Waals surface area contributed by atoms with E-state index < -0.39 is 0 Å². The van der Waals surface area contributed by atoms with Gasteiger partial charge in [-0.1, -0.05) is 35.9 Å². The number of anilines is 1. The summed E-state index contributed by atoms with van der Waals surface area (Å²) in [5, 5.41) is 6.17. The molecule has 1 aliphatic heterocycles. The lowest BCUT2D eigenvalue weighted by Gasteiger charge is -2.11. The third kappa shape index (κ3) is 4.53. The van der Waals surface area contributed by atoms with Crippen molar-refractivity contribution in [3.8, 4) is 11.5 Å². The molecule has 0 saturated carbocycles. The topological polar surface area (TPSA) is 94.5 Å². The van der Waals surface area contributed by atoms with Crippen LogP contribution < -0.4 is 20.1 Å². The summed E-state index contributed by atoms with van der Waals surface area (Å²) in [4.78, 5) is 30.0. The quantitative estimate of drug-likeness (QED) is 0.420. The fourth-order valence-electron chi connectivity index (χ4n) is 3.84. The van der Waals surface area contributed by atoms with Crippen LogP contribution in [-0.4, -0.2) is 34.7 Å². The zero-order valence-electron chi connectivity index (χ0n) is 18.1. The van der Waals surface area contributed by atoms with Crippen molar-refractivity contribution in [2.75, 3.05) is 18.7 Å². The Bertz CT molecular complexity index is 1380. The molecule has 2 N–H and O–H groups in total. The van der Waals surface area contributed by atoms with E-state index in [9.17, 15) is 9.59 Å². The molecular formula is C25H21ClN4O4. The van der Waals surface area contributed by atoms with Crippen molar-refractivity contribution in [3.05, 3.63) is 83.1 Å². The van der Waals surface area contributed by atoms with Crippen LogP contribution in [0.5, 0.6) is 11.5 Å². The number of imidazole rings is 1. The molecule has 2 heterocycles. The first-order valence-electron chi connectivity index (χ1n) is 10.7. The lowest BCUT2D eigenvalue weighted by molar-refractivity contribution is -0.116. The van der Waals surface area contributed by atoms with Gasteiger partial charge in [-0.3, -0.25) is 9.59 Å². The third-order valence-corrected chi connectivity index (χ3v) is 5.77. The van der Waals surface area contributed by atoms with Gasteiger partial charge in [0.2, 0.25) is 12.7 Å². The van der Waals surface area contributed by atoms with Crippen molar-refractivity contribution < 1.29 is 19.1 Å². The van der Waals surface area contributed by atoms with Gasteiger partial charge in [0, 0.05) is 24.7 Å². The number of aromatic nitrogens is 2. The molecule has 0 aliphatic carbocycles. The summed E-state index contributed by atoms with van der Waals surface area (Å²) in [6, 6.07) is 19.8. The smallest absolute Gasteiger partial charge is 0.252 e. The zero-order chi connectivity index (χ0) is 23.5. The lowest BCUT2D eigenvalue weighted by atomic mass is 10.2. The van der Waals surface area contributed by atoms with E-state index in [1.165, 1.54) is 0 Å². The Balaban J connectivity index is 1.29. The van der Waals surface area contributed by atoms with E-state index in [0.29, 0.717) is 46.6 Å². The van der Waals surface area contributed by atoms with E-state index in [2.05, 4.69) is 15.6 Å². The Hall–Kier alpha value is -4.04. The summed E-state index contributed by atoms with van der Waals surface area (Å²) in [6.45, 7) is 0.587. The van der Waals surface area contributed by atoms with Crippen LogP contribution in [0, 0.1) is 0 Å². The molecular weight excluding hydrogens is 456 g/mol. The molecule has 2 amide bonds. The maximum Gasteiger partial charge on any atom is 0.252 e. The first kappa shape index (κ1) is 21.8. The Kier molecular flexibility index (Phi) is 6.05. The minimum Gasteiger partial charge on any atom is -0.454 e. The van der Waals surface area contributed by atoms with Gasteiger partial charge in [-0.25, -0.2) is 4.98 Å². The second kappa shape index (κ2) is 9.44. The van der Waals surface area contributed by atoms with Crippen LogP contribution in [0.15, 0.2) is 66.7 Å². The van der Waals surface area contributed by atoms with Crippen molar-refractivity contribution in [1.82, 2.24) is 14.9 Å². The van der Waals surface area contributed by atoms with Gasteiger partial charge >= 0.3 is 0 Å². The average Bonchev–Trinajstić information content (AvgIpc) is 3.44.